The van der Waals surface area contributed by atoms with Gasteiger partial charge in [0.1, 0.15) is 0 Å². The van der Waals surface area contributed by atoms with Crippen molar-refractivity contribution in [3.63, 3.8) is 0 Å². The molecule has 0 aliphatic carbocycles. The molecule has 0 spiro atoms. The smallest absolute Gasteiger partial charge is 0.307 e. The minimum absolute atomic E-state index is 0.150. The highest BCUT2D eigenvalue weighted by Crippen LogP contribution is 2.13. The fraction of sp³-hybridized carbons (Fsp3) is 0.900. The molecular weight excluding hydrogens is 182 g/mol. The van der Waals surface area contributed by atoms with Crippen molar-refractivity contribution < 1.29 is 14.3 Å². The van der Waals surface area contributed by atoms with E-state index in [-0.39, 0.29) is 18.1 Å². The molecule has 1 aliphatic rings. The Morgan fingerprint density at radius 1 is 1.71 bits per heavy atom. The summed E-state index contributed by atoms with van der Waals surface area (Å²) < 4.78 is 10.0. The number of carbonyl (C=O) groups is 1. The molecule has 14 heavy (non-hydrogen) atoms. The molecule has 0 amide bonds. The van der Waals surface area contributed by atoms with Gasteiger partial charge in [-0.15, -0.1) is 0 Å². The Hall–Kier alpha value is -0.610. The van der Waals surface area contributed by atoms with Gasteiger partial charge in [-0.3, -0.25) is 4.79 Å². The third kappa shape index (κ3) is 3.27. The minimum atomic E-state index is -0.170. The van der Waals surface area contributed by atoms with Crippen LogP contribution < -0.4 is 5.32 Å². The molecule has 1 rings (SSSR count). The van der Waals surface area contributed by atoms with Crippen LogP contribution in [0.25, 0.3) is 0 Å². The summed E-state index contributed by atoms with van der Waals surface area (Å²) in [6.45, 7) is 4.85. The quantitative estimate of drug-likeness (QED) is 0.680. The predicted molar refractivity (Wildman–Crippen MR) is 53.0 cm³/mol. The highest BCUT2D eigenvalue weighted by molar-refractivity contribution is 5.69. The molecule has 1 aliphatic heterocycles. The van der Waals surface area contributed by atoms with E-state index in [1.165, 1.54) is 7.11 Å². The number of ether oxygens (including phenoxy) is 2. The fourth-order valence-corrected chi connectivity index (χ4v) is 1.71. The summed E-state index contributed by atoms with van der Waals surface area (Å²) in [5.74, 6) is -0.170. The van der Waals surface area contributed by atoms with Crippen LogP contribution in [0.5, 0.6) is 0 Å². The average Bonchev–Trinajstić information content (AvgIpc) is 2.51. The molecule has 3 unspecified atom stereocenters. The molecule has 4 heteroatoms. The summed E-state index contributed by atoms with van der Waals surface area (Å²) in [6.07, 6.45) is 1.68. The van der Waals surface area contributed by atoms with Gasteiger partial charge in [0.2, 0.25) is 0 Å². The van der Waals surface area contributed by atoms with Gasteiger partial charge in [-0.1, -0.05) is 0 Å². The van der Waals surface area contributed by atoms with Crippen molar-refractivity contribution in [1.29, 1.82) is 0 Å². The molecule has 3 atom stereocenters. The van der Waals surface area contributed by atoms with Crippen molar-refractivity contribution in [2.24, 2.45) is 0 Å². The van der Waals surface area contributed by atoms with Crippen LogP contribution in [-0.4, -0.2) is 37.9 Å². The first-order chi connectivity index (χ1) is 6.63. The highest BCUT2D eigenvalue weighted by Gasteiger charge is 2.25. The van der Waals surface area contributed by atoms with Crippen LogP contribution in [0.15, 0.2) is 0 Å². The number of carbonyl (C=O) groups excluding carboxylic acids is 1. The number of nitrogens with one attached hydrogen (secondary N) is 1. The largest absolute Gasteiger partial charge is 0.469 e. The monoisotopic (exact) mass is 201 g/mol. The lowest BCUT2D eigenvalue weighted by Crippen LogP contribution is -2.41. The number of hydrogen-bond donors (Lipinski definition) is 1. The maximum atomic E-state index is 11.0. The van der Waals surface area contributed by atoms with Crippen molar-refractivity contribution in [2.45, 2.75) is 44.9 Å². The van der Waals surface area contributed by atoms with E-state index < -0.39 is 0 Å². The molecule has 82 valence electrons. The first-order valence-corrected chi connectivity index (χ1v) is 5.08. The molecule has 0 aromatic heterocycles. The summed E-state index contributed by atoms with van der Waals surface area (Å²) >= 11 is 0. The zero-order chi connectivity index (χ0) is 10.6. The second kappa shape index (κ2) is 5.32. The second-order valence-electron chi connectivity index (χ2n) is 3.82. The van der Waals surface area contributed by atoms with Gasteiger partial charge in [-0.25, -0.2) is 0 Å². The zero-order valence-electron chi connectivity index (χ0n) is 9.08. The molecule has 0 aromatic carbocycles. The summed E-state index contributed by atoms with van der Waals surface area (Å²) in [7, 11) is 1.41. The molecule has 4 nitrogen and oxygen atoms in total. The van der Waals surface area contributed by atoms with Crippen LogP contribution in [0.4, 0.5) is 0 Å². The SMILES string of the molecule is COC(=O)CC(C)NC1CCOC1C. The number of esters is 1. The van der Waals surface area contributed by atoms with Gasteiger partial charge >= 0.3 is 5.97 Å². The molecule has 1 saturated heterocycles. The first kappa shape index (κ1) is 11.5. The van der Waals surface area contributed by atoms with Gasteiger partial charge in [-0.2, -0.15) is 0 Å². The van der Waals surface area contributed by atoms with E-state index in [1.54, 1.807) is 0 Å². The van der Waals surface area contributed by atoms with Gasteiger partial charge in [0.25, 0.3) is 0 Å². The molecule has 1 heterocycles. The first-order valence-electron chi connectivity index (χ1n) is 5.08. The minimum Gasteiger partial charge on any atom is -0.469 e. The summed E-state index contributed by atoms with van der Waals surface area (Å²) in [6, 6.07) is 0.520. The Bertz CT molecular complexity index is 196. The Balaban J connectivity index is 2.25. The number of rotatable bonds is 4. The van der Waals surface area contributed by atoms with Crippen LogP contribution in [0, 0.1) is 0 Å². The zero-order valence-corrected chi connectivity index (χ0v) is 9.08. The molecule has 1 N–H and O–H groups in total. The Labute approximate surface area is 85.0 Å². The maximum absolute atomic E-state index is 11.0. The van der Waals surface area contributed by atoms with Crippen LogP contribution in [0.2, 0.25) is 0 Å². The van der Waals surface area contributed by atoms with Gasteiger partial charge in [0, 0.05) is 18.7 Å². The van der Waals surface area contributed by atoms with Crippen LogP contribution in [-0.2, 0) is 14.3 Å². The van der Waals surface area contributed by atoms with Crippen molar-refractivity contribution in [2.75, 3.05) is 13.7 Å². The maximum Gasteiger partial charge on any atom is 0.307 e. The lowest BCUT2D eigenvalue weighted by molar-refractivity contribution is -0.141. The van der Waals surface area contributed by atoms with Crippen LogP contribution in [0.3, 0.4) is 0 Å². The normalized spacial score (nSPS) is 28.8. The summed E-state index contributed by atoms with van der Waals surface area (Å²) in [4.78, 5) is 11.0. The molecule has 0 aromatic rings. The van der Waals surface area contributed by atoms with Crippen molar-refractivity contribution in [3.05, 3.63) is 0 Å². The van der Waals surface area contributed by atoms with Crippen molar-refractivity contribution in [1.82, 2.24) is 5.32 Å². The third-order valence-corrected chi connectivity index (χ3v) is 2.58. The van der Waals surface area contributed by atoms with Gasteiger partial charge < -0.3 is 14.8 Å². The molecule has 0 bridgehead atoms. The van der Waals surface area contributed by atoms with E-state index in [9.17, 15) is 4.79 Å². The fourth-order valence-electron chi connectivity index (χ4n) is 1.71. The van der Waals surface area contributed by atoms with E-state index in [0.29, 0.717) is 12.5 Å². The second-order valence-corrected chi connectivity index (χ2v) is 3.82. The Morgan fingerprint density at radius 3 is 2.93 bits per heavy atom. The lowest BCUT2D eigenvalue weighted by Gasteiger charge is -2.20. The van der Waals surface area contributed by atoms with Gasteiger partial charge in [-0.05, 0) is 20.3 Å². The van der Waals surface area contributed by atoms with Crippen LogP contribution >= 0.6 is 0 Å². The van der Waals surface area contributed by atoms with Gasteiger partial charge in [0.15, 0.2) is 0 Å². The van der Waals surface area contributed by atoms with Gasteiger partial charge in [0.05, 0.1) is 19.6 Å². The van der Waals surface area contributed by atoms with E-state index in [2.05, 4.69) is 17.0 Å². The topological polar surface area (TPSA) is 47.6 Å². The number of methoxy groups -OCH3 is 1. The lowest BCUT2D eigenvalue weighted by atomic mass is 10.1. The van der Waals surface area contributed by atoms with Crippen LogP contribution in [0.1, 0.15) is 26.7 Å². The standard InChI is InChI=1S/C10H19NO3/c1-7(6-10(12)13-3)11-9-4-5-14-8(9)2/h7-9,11H,4-6H2,1-3H3. The summed E-state index contributed by atoms with van der Waals surface area (Å²) in [5.41, 5.74) is 0. The van der Waals surface area contributed by atoms with E-state index in [1.807, 2.05) is 6.92 Å². The van der Waals surface area contributed by atoms with E-state index in [0.717, 1.165) is 13.0 Å². The van der Waals surface area contributed by atoms with Crippen molar-refractivity contribution in [3.8, 4) is 0 Å². The number of hydrogen-bond acceptors (Lipinski definition) is 4. The third-order valence-electron chi connectivity index (χ3n) is 2.58. The summed E-state index contributed by atoms with van der Waals surface area (Å²) in [5, 5.41) is 3.37. The molecule has 1 fully saturated rings. The highest BCUT2D eigenvalue weighted by atomic mass is 16.5. The van der Waals surface area contributed by atoms with Crippen molar-refractivity contribution >= 4 is 5.97 Å². The van der Waals surface area contributed by atoms with E-state index >= 15 is 0 Å². The Morgan fingerprint density at radius 2 is 2.43 bits per heavy atom. The molecule has 0 saturated carbocycles. The molecule has 0 radical (unpaired) electrons. The molecular formula is C10H19NO3. The predicted octanol–water partition coefficient (Wildman–Crippen LogP) is 0.705. The van der Waals surface area contributed by atoms with E-state index in [4.69, 9.17) is 4.74 Å². The Kier molecular flexibility index (Phi) is 4.35. The average molecular weight is 201 g/mol.